The third-order valence-corrected chi connectivity index (χ3v) is 18.0. The predicted octanol–water partition coefficient (Wildman–Crippen LogP) is 19.7. The highest BCUT2D eigenvalue weighted by Crippen LogP contribution is 2.45. The van der Waals surface area contributed by atoms with Crippen molar-refractivity contribution < 1.29 is 80.2 Å². The number of carbonyl (C=O) groups is 4. The molecule has 0 aromatic heterocycles. The van der Waals surface area contributed by atoms with Crippen LogP contribution in [0.1, 0.15) is 344 Å². The van der Waals surface area contributed by atoms with E-state index in [0.717, 1.165) is 108 Å². The Morgan fingerprint density at radius 2 is 0.472 bits per heavy atom. The second-order valence-corrected chi connectivity index (χ2v) is 30.1. The zero-order chi connectivity index (χ0) is 66.1. The Bertz CT molecular complexity index is 1760. The van der Waals surface area contributed by atoms with Crippen LogP contribution in [0.3, 0.4) is 0 Å². The van der Waals surface area contributed by atoms with Gasteiger partial charge in [-0.3, -0.25) is 37.3 Å². The Morgan fingerprint density at radius 1 is 0.281 bits per heavy atom. The molecule has 19 heteroatoms. The minimum absolute atomic E-state index is 0.102. The van der Waals surface area contributed by atoms with Gasteiger partial charge < -0.3 is 33.8 Å². The molecular formula is C70H136O17P2. The molecule has 5 atom stereocenters. The first kappa shape index (κ1) is 87.1. The van der Waals surface area contributed by atoms with E-state index in [0.29, 0.717) is 37.5 Å². The highest BCUT2D eigenvalue weighted by Gasteiger charge is 2.30. The highest BCUT2D eigenvalue weighted by molar-refractivity contribution is 7.47. The third kappa shape index (κ3) is 64.6. The van der Waals surface area contributed by atoms with Crippen molar-refractivity contribution in [2.24, 2.45) is 23.7 Å². The largest absolute Gasteiger partial charge is 0.472 e. The molecular weight excluding hydrogens is 1170 g/mol. The van der Waals surface area contributed by atoms with Gasteiger partial charge >= 0.3 is 39.5 Å². The number of hydrogen-bond donors (Lipinski definition) is 3. The zero-order valence-corrected chi connectivity index (χ0v) is 59.8. The number of carbonyl (C=O) groups excluding carboxylic acids is 4. The van der Waals surface area contributed by atoms with Crippen molar-refractivity contribution in [1.29, 1.82) is 0 Å². The molecule has 0 saturated heterocycles. The lowest BCUT2D eigenvalue weighted by Crippen LogP contribution is -2.30. The summed E-state index contributed by atoms with van der Waals surface area (Å²) in [6, 6.07) is 0. The number of unbranched alkanes of at least 4 members (excludes halogenated alkanes) is 33. The Kier molecular flexibility index (Phi) is 58.5. The number of esters is 4. The topological polar surface area (TPSA) is 237 Å². The van der Waals surface area contributed by atoms with E-state index in [1.54, 1.807) is 0 Å². The van der Waals surface area contributed by atoms with Crippen LogP contribution in [-0.2, 0) is 65.4 Å². The van der Waals surface area contributed by atoms with E-state index >= 15 is 0 Å². The van der Waals surface area contributed by atoms with E-state index in [1.807, 2.05) is 0 Å². The fourth-order valence-corrected chi connectivity index (χ4v) is 12.1. The van der Waals surface area contributed by atoms with Crippen molar-refractivity contribution in [2.45, 2.75) is 363 Å². The van der Waals surface area contributed by atoms with E-state index in [4.69, 9.17) is 37.0 Å². The highest BCUT2D eigenvalue weighted by atomic mass is 31.2. The van der Waals surface area contributed by atoms with Crippen LogP contribution < -0.4 is 0 Å². The summed E-state index contributed by atoms with van der Waals surface area (Å²) in [5, 5.41) is 10.6. The van der Waals surface area contributed by atoms with Gasteiger partial charge in [-0.05, 0) is 49.4 Å². The number of aliphatic hydroxyl groups excluding tert-OH is 1. The molecule has 0 radical (unpaired) electrons. The van der Waals surface area contributed by atoms with Crippen LogP contribution in [0, 0.1) is 23.7 Å². The number of aliphatic hydroxyl groups is 1. The first-order chi connectivity index (χ1) is 42.6. The fraction of sp³-hybridized carbons (Fsp3) is 0.943. The van der Waals surface area contributed by atoms with E-state index < -0.39 is 97.5 Å². The molecule has 0 amide bonds. The van der Waals surface area contributed by atoms with Gasteiger partial charge in [0.15, 0.2) is 12.2 Å². The molecule has 3 N–H and O–H groups in total. The molecule has 0 bridgehead atoms. The van der Waals surface area contributed by atoms with Crippen molar-refractivity contribution in [2.75, 3.05) is 39.6 Å². The van der Waals surface area contributed by atoms with Crippen molar-refractivity contribution >= 4 is 39.5 Å². The summed E-state index contributed by atoms with van der Waals surface area (Å²) in [4.78, 5) is 72.5. The number of phosphoric ester groups is 2. The van der Waals surface area contributed by atoms with Crippen LogP contribution in [0.4, 0.5) is 0 Å². The maximum Gasteiger partial charge on any atom is 0.472 e. The standard InChI is InChI=1S/C70H136O17P2/c1-60(2)46-38-30-22-17-13-11-9-10-12-14-19-25-34-42-50-67(72)80-57-66(87-70(75)53-45-37-29-28-33-41-49-63(7)8)59-85-89(78,79)83-55-64(71)54-82-88(76,77)84-58-65(56-81-68(73)51-43-35-27-21-24-32-40-48-62(5)6)86-69(74)52-44-36-26-20-16-15-18-23-31-39-47-61(3)4/h60-66,71H,9-59H2,1-8H3,(H,76,77)(H,78,79)/t64?,65-,66-/m1/s1. The smallest absolute Gasteiger partial charge is 0.462 e. The van der Waals surface area contributed by atoms with Gasteiger partial charge in [-0.15, -0.1) is 0 Å². The van der Waals surface area contributed by atoms with Crippen LogP contribution in [0.5, 0.6) is 0 Å². The van der Waals surface area contributed by atoms with Crippen LogP contribution in [-0.4, -0.2) is 96.7 Å². The SMILES string of the molecule is CC(C)CCCCCCCCCCCCCCCCC(=O)OC[C@H](COP(=O)(O)OCC(O)COP(=O)(O)OC[C@@H](COC(=O)CCCCCCCCCC(C)C)OC(=O)CCCCCCCCCCCCC(C)C)OC(=O)CCCCCCCCC(C)C. The average Bonchev–Trinajstić information content (AvgIpc) is 3.67. The van der Waals surface area contributed by atoms with Gasteiger partial charge in [-0.25, -0.2) is 9.13 Å². The van der Waals surface area contributed by atoms with E-state index in [-0.39, 0.29) is 25.7 Å². The Balaban J connectivity index is 5.19. The molecule has 0 aliphatic carbocycles. The van der Waals surface area contributed by atoms with E-state index in [2.05, 4.69) is 55.4 Å². The fourth-order valence-electron chi connectivity index (χ4n) is 10.5. The molecule has 0 heterocycles. The van der Waals surface area contributed by atoms with Gasteiger partial charge in [0.25, 0.3) is 0 Å². The quantitative estimate of drug-likeness (QED) is 0.0222. The van der Waals surface area contributed by atoms with Crippen LogP contribution >= 0.6 is 15.6 Å². The number of phosphoric acid groups is 2. The molecule has 0 spiro atoms. The lowest BCUT2D eigenvalue weighted by atomic mass is 10.0. The second kappa shape index (κ2) is 59.8. The Labute approximate surface area is 543 Å². The number of ether oxygens (including phenoxy) is 4. The third-order valence-electron chi connectivity index (χ3n) is 16.1. The summed E-state index contributed by atoms with van der Waals surface area (Å²) < 4.78 is 68.2. The summed E-state index contributed by atoms with van der Waals surface area (Å²) in [6.07, 6.45) is 42.0. The van der Waals surface area contributed by atoms with Gasteiger partial charge in [0, 0.05) is 25.7 Å². The summed E-state index contributed by atoms with van der Waals surface area (Å²) in [5.41, 5.74) is 0. The number of rotatable bonds is 67. The molecule has 0 aliphatic rings. The Hall–Kier alpha value is -1.94. The van der Waals surface area contributed by atoms with Crippen LogP contribution in [0.15, 0.2) is 0 Å². The molecule has 0 fully saturated rings. The molecule has 89 heavy (non-hydrogen) atoms. The van der Waals surface area contributed by atoms with Crippen molar-refractivity contribution in [3.8, 4) is 0 Å². The molecule has 17 nitrogen and oxygen atoms in total. The van der Waals surface area contributed by atoms with E-state index in [9.17, 15) is 43.2 Å². The second-order valence-electron chi connectivity index (χ2n) is 27.2. The molecule has 0 saturated carbocycles. The first-order valence-electron chi connectivity index (χ1n) is 36.2. The predicted molar refractivity (Wildman–Crippen MR) is 358 cm³/mol. The average molecular weight is 1310 g/mol. The normalized spacial score (nSPS) is 14.3. The van der Waals surface area contributed by atoms with Crippen molar-refractivity contribution in [3.05, 3.63) is 0 Å². The molecule has 3 unspecified atom stereocenters. The van der Waals surface area contributed by atoms with Gasteiger partial charge in [-0.2, -0.15) is 0 Å². The minimum Gasteiger partial charge on any atom is -0.462 e. The summed E-state index contributed by atoms with van der Waals surface area (Å²) in [7, 11) is -9.90. The lowest BCUT2D eigenvalue weighted by molar-refractivity contribution is -0.161. The lowest BCUT2D eigenvalue weighted by Gasteiger charge is -2.21. The van der Waals surface area contributed by atoms with Crippen LogP contribution in [0.25, 0.3) is 0 Å². The molecule has 0 aliphatic heterocycles. The minimum atomic E-state index is -4.95. The first-order valence-corrected chi connectivity index (χ1v) is 39.2. The van der Waals surface area contributed by atoms with Crippen molar-refractivity contribution in [3.63, 3.8) is 0 Å². The van der Waals surface area contributed by atoms with Gasteiger partial charge in [0.2, 0.25) is 0 Å². The van der Waals surface area contributed by atoms with Crippen molar-refractivity contribution in [1.82, 2.24) is 0 Å². The molecule has 0 rings (SSSR count). The monoisotopic (exact) mass is 1310 g/mol. The summed E-state index contributed by atoms with van der Waals surface area (Å²) in [6.45, 7) is 14.0. The maximum absolute atomic E-state index is 13.0. The Morgan fingerprint density at radius 3 is 0.697 bits per heavy atom. The summed E-state index contributed by atoms with van der Waals surface area (Å²) in [5.74, 6) is 0.791. The maximum atomic E-state index is 13.0. The molecule has 0 aromatic carbocycles. The summed E-state index contributed by atoms with van der Waals surface area (Å²) >= 11 is 0. The van der Waals surface area contributed by atoms with Crippen LogP contribution in [0.2, 0.25) is 0 Å². The van der Waals surface area contributed by atoms with E-state index in [1.165, 1.54) is 141 Å². The molecule has 528 valence electrons. The zero-order valence-electron chi connectivity index (χ0n) is 58.1. The van der Waals surface area contributed by atoms with Gasteiger partial charge in [0.1, 0.15) is 19.3 Å². The van der Waals surface area contributed by atoms with Gasteiger partial charge in [-0.1, -0.05) is 293 Å². The molecule has 0 aromatic rings. The number of hydrogen-bond acceptors (Lipinski definition) is 15. The van der Waals surface area contributed by atoms with Gasteiger partial charge in [0.05, 0.1) is 26.4 Å².